The van der Waals surface area contributed by atoms with Crippen molar-refractivity contribution in [1.29, 1.82) is 0 Å². The summed E-state index contributed by atoms with van der Waals surface area (Å²) in [5.74, 6) is -0.750. The maximum Gasteiger partial charge on any atom is 0.254 e. The summed E-state index contributed by atoms with van der Waals surface area (Å²) < 4.78 is 18.9. The van der Waals surface area contributed by atoms with Crippen molar-refractivity contribution < 1.29 is 18.7 Å². The van der Waals surface area contributed by atoms with Crippen molar-refractivity contribution in [3.05, 3.63) is 71.0 Å². The molecule has 1 saturated carbocycles. The first kappa shape index (κ1) is 28.2. The molecule has 2 aromatic carbocycles. The molecule has 4 rings (SSSR count). The Morgan fingerprint density at radius 2 is 1.79 bits per heavy atom. The smallest absolute Gasteiger partial charge is 0.254 e. The number of likely N-dealkylation sites (tertiary alicyclic amines) is 1. The molecule has 1 unspecified atom stereocenters. The summed E-state index contributed by atoms with van der Waals surface area (Å²) in [5, 5.41) is 3.22. The molecule has 8 heteroatoms. The molecule has 0 spiro atoms. The van der Waals surface area contributed by atoms with Gasteiger partial charge in [0.25, 0.3) is 5.91 Å². The highest BCUT2D eigenvalue weighted by atomic mass is 19.1. The number of nitrogens with two attached hydrogens (primary N) is 1. The van der Waals surface area contributed by atoms with E-state index in [2.05, 4.69) is 29.3 Å². The van der Waals surface area contributed by atoms with Crippen LogP contribution in [-0.2, 0) is 16.1 Å². The maximum atomic E-state index is 13.7. The number of piperidine rings is 1. The van der Waals surface area contributed by atoms with Gasteiger partial charge in [-0.1, -0.05) is 24.3 Å². The number of hydrogen-bond acceptors (Lipinski definition) is 5. The summed E-state index contributed by atoms with van der Waals surface area (Å²) in [4.78, 5) is 31.3. The fourth-order valence-corrected chi connectivity index (χ4v) is 5.69. The summed E-state index contributed by atoms with van der Waals surface area (Å²) in [6.45, 7) is 4.63. The predicted molar refractivity (Wildman–Crippen MR) is 146 cm³/mol. The van der Waals surface area contributed by atoms with E-state index in [4.69, 9.17) is 10.5 Å². The van der Waals surface area contributed by atoms with Gasteiger partial charge < -0.3 is 20.7 Å². The number of nitrogens with zero attached hydrogens (tertiary/aromatic N) is 2. The molecule has 1 aliphatic carbocycles. The molecule has 1 heterocycles. The molecule has 2 amide bonds. The number of halogens is 1. The van der Waals surface area contributed by atoms with Gasteiger partial charge in [0.15, 0.2) is 0 Å². The molecule has 2 aromatic rings. The lowest BCUT2D eigenvalue weighted by atomic mass is 9.90. The minimum Gasteiger partial charge on any atom is -0.383 e. The van der Waals surface area contributed by atoms with Gasteiger partial charge >= 0.3 is 0 Å². The van der Waals surface area contributed by atoms with Gasteiger partial charge in [-0.15, -0.1) is 0 Å². The van der Waals surface area contributed by atoms with Gasteiger partial charge in [-0.25, -0.2) is 4.39 Å². The monoisotopic (exact) mass is 524 g/mol. The number of ether oxygens (including phenoxy) is 1. The van der Waals surface area contributed by atoms with E-state index >= 15 is 0 Å². The van der Waals surface area contributed by atoms with Crippen molar-refractivity contribution in [3.8, 4) is 0 Å². The molecule has 1 saturated heterocycles. The zero-order valence-electron chi connectivity index (χ0n) is 22.6. The molecule has 2 aliphatic rings. The zero-order chi connectivity index (χ0) is 27.1. The third kappa shape index (κ3) is 7.18. The molecule has 1 aliphatic heterocycles. The van der Waals surface area contributed by atoms with Crippen molar-refractivity contribution >= 4 is 11.8 Å². The van der Waals surface area contributed by atoms with Crippen LogP contribution < -0.4 is 11.1 Å². The van der Waals surface area contributed by atoms with Crippen LogP contribution in [0.15, 0.2) is 48.5 Å². The van der Waals surface area contributed by atoms with Crippen LogP contribution in [0.4, 0.5) is 4.39 Å². The van der Waals surface area contributed by atoms with Gasteiger partial charge in [0.2, 0.25) is 5.91 Å². The lowest BCUT2D eigenvalue weighted by molar-refractivity contribution is -0.128. The first-order chi connectivity index (χ1) is 18.4. The minimum absolute atomic E-state index is 0.0713. The number of carbonyl (C=O) groups excluding carboxylic acids is 2. The molecule has 2 atom stereocenters. The minimum atomic E-state index is -0.608. The Labute approximate surface area is 225 Å². The van der Waals surface area contributed by atoms with E-state index in [0.717, 1.165) is 45.2 Å². The molecule has 206 valence electrons. The predicted octanol–water partition coefficient (Wildman–Crippen LogP) is 3.64. The number of hydrogen-bond donors (Lipinski definition) is 2. The van der Waals surface area contributed by atoms with E-state index in [1.165, 1.54) is 35.4 Å². The fraction of sp³-hybridized carbons (Fsp3) is 0.533. The molecule has 2 fully saturated rings. The first-order valence-corrected chi connectivity index (χ1v) is 13.8. The Bertz CT molecular complexity index is 1070. The summed E-state index contributed by atoms with van der Waals surface area (Å²) in [6.07, 6.45) is 4.74. The number of amides is 2. The number of benzene rings is 2. The van der Waals surface area contributed by atoms with Crippen LogP contribution in [0.3, 0.4) is 0 Å². The normalized spacial score (nSPS) is 23.9. The van der Waals surface area contributed by atoms with Crippen molar-refractivity contribution in [1.82, 2.24) is 15.1 Å². The maximum absolute atomic E-state index is 13.7. The highest BCUT2D eigenvalue weighted by Gasteiger charge is 2.39. The Morgan fingerprint density at radius 3 is 2.47 bits per heavy atom. The number of methoxy groups -OCH3 is 1. The van der Waals surface area contributed by atoms with E-state index in [1.54, 1.807) is 12.0 Å². The van der Waals surface area contributed by atoms with E-state index in [1.807, 2.05) is 12.1 Å². The third-order valence-electron chi connectivity index (χ3n) is 8.08. The number of rotatable bonds is 9. The van der Waals surface area contributed by atoms with Gasteiger partial charge in [-0.3, -0.25) is 14.5 Å². The Morgan fingerprint density at radius 1 is 1.08 bits per heavy atom. The van der Waals surface area contributed by atoms with Crippen molar-refractivity contribution in [2.45, 2.75) is 76.2 Å². The van der Waals surface area contributed by atoms with Crippen LogP contribution in [0.25, 0.3) is 0 Å². The number of aryl methyl sites for hydroxylation is 1. The third-order valence-corrected chi connectivity index (χ3v) is 8.08. The van der Waals surface area contributed by atoms with E-state index in [-0.39, 0.29) is 29.9 Å². The second-order valence-corrected chi connectivity index (χ2v) is 10.7. The molecule has 0 radical (unpaired) electrons. The van der Waals surface area contributed by atoms with Crippen LogP contribution in [0.1, 0.15) is 60.0 Å². The SMILES string of the molecule is COCCN(Cc1ccccc1C)C1CCN(C(=O)c2ccc(F)cc2)[C@@H](C(=O)NC2CCC(N)CC2)C1. The molecule has 0 bridgehead atoms. The van der Waals surface area contributed by atoms with E-state index in [9.17, 15) is 14.0 Å². The summed E-state index contributed by atoms with van der Waals surface area (Å²) in [6, 6.07) is 13.7. The van der Waals surface area contributed by atoms with Gasteiger partial charge in [-0.05, 0) is 80.8 Å². The first-order valence-electron chi connectivity index (χ1n) is 13.8. The highest BCUT2D eigenvalue weighted by Crippen LogP contribution is 2.27. The molecule has 38 heavy (non-hydrogen) atoms. The second-order valence-electron chi connectivity index (χ2n) is 10.7. The fourth-order valence-electron chi connectivity index (χ4n) is 5.69. The summed E-state index contributed by atoms with van der Waals surface area (Å²) in [5.41, 5.74) is 8.92. The zero-order valence-corrected chi connectivity index (χ0v) is 22.6. The largest absolute Gasteiger partial charge is 0.383 e. The van der Waals surface area contributed by atoms with Crippen LogP contribution in [0.5, 0.6) is 0 Å². The van der Waals surface area contributed by atoms with Crippen LogP contribution in [0, 0.1) is 12.7 Å². The van der Waals surface area contributed by atoms with Crippen LogP contribution >= 0.6 is 0 Å². The molecule has 7 nitrogen and oxygen atoms in total. The molecule has 3 N–H and O–H groups in total. The lowest BCUT2D eigenvalue weighted by Crippen LogP contribution is -2.58. The number of nitrogens with one attached hydrogen (secondary N) is 1. The van der Waals surface area contributed by atoms with Crippen molar-refractivity contribution in [3.63, 3.8) is 0 Å². The summed E-state index contributed by atoms with van der Waals surface area (Å²) in [7, 11) is 1.70. The van der Waals surface area contributed by atoms with Crippen molar-refractivity contribution in [2.24, 2.45) is 5.73 Å². The van der Waals surface area contributed by atoms with E-state index in [0.29, 0.717) is 25.1 Å². The highest BCUT2D eigenvalue weighted by molar-refractivity contribution is 5.97. The van der Waals surface area contributed by atoms with Gasteiger partial charge in [-0.2, -0.15) is 0 Å². The second kappa shape index (κ2) is 13.3. The van der Waals surface area contributed by atoms with Gasteiger partial charge in [0, 0.05) is 50.4 Å². The lowest BCUT2D eigenvalue weighted by Gasteiger charge is -2.43. The topological polar surface area (TPSA) is 87.9 Å². The quantitative estimate of drug-likeness (QED) is 0.523. The Balaban J connectivity index is 1.55. The van der Waals surface area contributed by atoms with E-state index < -0.39 is 11.9 Å². The van der Waals surface area contributed by atoms with Crippen molar-refractivity contribution in [2.75, 3.05) is 26.8 Å². The summed E-state index contributed by atoms with van der Waals surface area (Å²) >= 11 is 0. The van der Waals surface area contributed by atoms with Gasteiger partial charge in [0.1, 0.15) is 11.9 Å². The standard InChI is InChI=1S/C30H41FN4O3/c1-21-5-3-4-6-23(21)20-34(17-18-38-2)27-15-16-35(30(37)22-7-9-24(31)10-8-22)28(19-27)29(36)33-26-13-11-25(32)12-14-26/h3-10,25-28H,11-20,32H2,1-2H3,(H,33,36)/t25?,26?,27?,28-/m1/s1. The molecular formula is C30H41FN4O3. The molecule has 0 aromatic heterocycles. The molecular weight excluding hydrogens is 483 g/mol. The van der Waals surface area contributed by atoms with Crippen LogP contribution in [0.2, 0.25) is 0 Å². The average Bonchev–Trinajstić information content (AvgIpc) is 2.93. The Kier molecular flexibility index (Phi) is 9.88. The Hall–Kier alpha value is -2.81. The van der Waals surface area contributed by atoms with Crippen LogP contribution in [-0.4, -0.2) is 72.6 Å². The average molecular weight is 525 g/mol. The number of carbonyl (C=O) groups is 2. The van der Waals surface area contributed by atoms with Gasteiger partial charge in [0.05, 0.1) is 6.61 Å².